The van der Waals surface area contributed by atoms with Crippen LogP contribution in [0.4, 0.5) is 23.0 Å². The summed E-state index contributed by atoms with van der Waals surface area (Å²) in [6.07, 6.45) is 4.94. The van der Waals surface area contributed by atoms with E-state index in [0.717, 1.165) is 50.2 Å². The first-order chi connectivity index (χ1) is 15.8. The van der Waals surface area contributed by atoms with E-state index in [-0.39, 0.29) is 17.8 Å². The standard InChI is InChI=1S/C25H36N6O2/c1-4-20-24(27-17-5-8-19(32)9-6-17)30-25(22(29-20)23(26)33)28-18-7-10-21(16(3)13-18)31-12-11-15(2)14-31/h7,10,13,15,17,19,32H,4-6,8-9,11-12,14H2,1-3H3,(H2,26,33)(H2,27,28,30)/t15?,17-,19-. The van der Waals surface area contributed by atoms with Crippen LogP contribution in [0.5, 0.6) is 0 Å². The molecule has 2 fully saturated rings. The minimum Gasteiger partial charge on any atom is -0.393 e. The van der Waals surface area contributed by atoms with Crippen LogP contribution < -0.4 is 21.3 Å². The molecule has 4 rings (SSSR count). The predicted molar refractivity (Wildman–Crippen MR) is 132 cm³/mol. The van der Waals surface area contributed by atoms with Crippen molar-refractivity contribution in [2.75, 3.05) is 28.6 Å². The number of aryl methyl sites for hydroxylation is 2. The fraction of sp³-hybridized carbons (Fsp3) is 0.560. The quantitative estimate of drug-likeness (QED) is 0.505. The lowest BCUT2D eigenvalue weighted by Crippen LogP contribution is -2.29. The summed E-state index contributed by atoms with van der Waals surface area (Å²) in [6.45, 7) is 8.54. The molecule has 2 aliphatic rings. The zero-order valence-electron chi connectivity index (χ0n) is 19.9. The van der Waals surface area contributed by atoms with Crippen molar-refractivity contribution in [1.82, 2.24) is 9.97 Å². The van der Waals surface area contributed by atoms with E-state index in [2.05, 4.69) is 46.5 Å². The fourth-order valence-electron chi connectivity index (χ4n) is 4.88. The highest BCUT2D eigenvalue weighted by molar-refractivity contribution is 5.96. The smallest absolute Gasteiger partial charge is 0.271 e. The zero-order valence-corrected chi connectivity index (χ0v) is 19.9. The van der Waals surface area contributed by atoms with Crippen LogP contribution in [-0.2, 0) is 6.42 Å². The Balaban J connectivity index is 1.59. The van der Waals surface area contributed by atoms with Crippen molar-refractivity contribution in [2.45, 2.75) is 71.4 Å². The van der Waals surface area contributed by atoms with Crippen LogP contribution in [0.3, 0.4) is 0 Å². The molecule has 5 N–H and O–H groups in total. The molecular weight excluding hydrogens is 416 g/mol. The number of rotatable bonds is 7. The summed E-state index contributed by atoms with van der Waals surface area (Å²) in [6, 6.07) is 6.44. The lowest BCUT2D eigenvalue weighted by Gasteiger charge is -2.27. The number of primary amides is 1. The molecule has 1 amide bonds. The Morgan fingerprint density at radius 2 is 1.94 bits per heavy atom. The van der Waals surface area contributed by atoms with Crippen molar-refractivity contribution in [3.8, 4) is 0 Å². The molecule has 8 nitrogen and oxygen atoms in total. The molecule has 1 atom stereocenters. The lowest BCUT2D eigenvalue weighted by atomic mass is 9.93. The number of aromatic nitrogens is 2. The van der Waals surface area contributed by atoms with Gasteiger partial charge in [0, 0.05) is 30.5 Å². The molecule has 1 aliphatic heterocycles. The third-order valence-electron chi connectivity index (χ3n) is 6.80. The fourth-order valence-corrected chi connectivity index (χ4v) is 4.88. The number of amides is 1. The average Bonchev–Trinajstić information content (AvgIpc) is 3.21. The maximum absolute atomic E-state index is 12.2. The second kappa shape index (κ2) is 9.95. The predicted octanol–water partition coefficient (Wildman–Crippen LogP) is 3.75. The first-order valence-corrected chi connectivity index (χ1v) is 12.1. The van der Waals surface area contributed by atoms with Crippen molar-refractivity contribution in [1.29, 1.82) is 0 Å². The minimum atomic E-state index is -0.605. The Hall–Kier alpha value is -2.87. The second-order valence-electron chi connectivity index (χ2n) is 9.55. The number of hydrogen-bond donors (Lipinski definition) is 4. The highest BCUT2D eigenvalue weighted by Gasteiger charge is 2.24. The number of benzene rings is 1. The Morgan fingerprint density at radius 3 is 2.55 bits per heavy atom. The molecule has 2 aromatic rings. The van der Waals surface area contributed by atoms with Gasteiger partial charge in [-0.15, -0.1) is 0 Å². The first kappa shape index (κ1) is 23.3. The highest BCUT2D eigenvalue weighted by Crippen LogP contribution is 2.31. The van der Waals surface area contributed by atoms with Gasteiger partial charge in [-0.3, -0.25) is 4.79 Å². The van der Waals surface area contributed by atoms with Gasteiger partial charge in [0.2, 0.25) is 0 Å². The number of nitrogens with zero attached hydrogens (tertiary/aromatic N) is 3. The van der Waals surface area contributed by atoms with E-state index in [1.165, 1.54) is 17.7 Å². The van der Waals surface area contributed by atoms with Crippen LogP contribution in [0.15, 0.2) is 18.2 Å². The molecule has 33 heavy (non-hydrogen) atoms. The zero-order chi connectivity index (χ0) is 23.5. The van der Waals surface area contributed by atoms with E-state index in [1.54, 1.807) is 0 Å². The van der Waals surface area contributed by atoms with Gasteiger partial charge in [0.25, 0.3) is 5.91 Å². The molecule has 1 aliphatic carbocycles. The summed E-state index contributed by atoms with van der Waals surface area (Å²) in [5.74, 6) is 1.14. The van der Waals surface area contributed by atoms with E-state index >= 15 is 0 Å². The second-order valence-corrected chi connectivity index (χ2v) is 9.55. The van der Waals surface area contributed by atoms with Crippen LogP contribution in [0.2, 0.25) is 0 Å². The van der Waals surface area contributed by atoms with Crippen molar-refractivity contribution in [3.05, 3.63) is 35.2 Å². The number of carbonyl (C=O) groups is 1. The Bertz CT molecular complexity index is 1000. The number of carbonyl (C=O) groups excluding carboxylic acids is 1. The molecule has 0 spiro atoms. The number of aliphatic hydroxyl groups is 1. The van der Waals surface area contributed by atoms with Gasteiger partial charge >= 0.3 is 0 Å². The topological polar surface area (TPSA) is 116 Å². The third-order valence-corrected chi connectivity index (χ3v) is 6.80. The summed E-state index contributed by atoms with van der Waals surface area (Å²) in [7, 11) is 0. The van der Waals surface area contributed by atoms with Crippen LogP contribution in [0.1, 0.15) is 67.7 Å². The SMILES string of the molecule is CCc1nc(C(N)=O)c(Nc2ccc(N3CCC(C)C3)c(C)c2)nc1N[C@H]1CC[C@H](O)CC1. The van der Waals surface area contributed by atoms with Gasteiger partial charge in [-0.05, 0) is 75.1 Å². The number of nitrogens with two attached hydrogens (primary N) is 1. The van der Waals surface area contributed by atoms with E-state index in [1.807, 2.05) is 13.0 Å². The van der Waals surface area contributed by atoms with Crippen LogP contribution >= 0.6 is 0 Å². The minimum absolute atomic E-state index is 0.145. The highest BCUT2D eigenvalue weighted by atomic mass is 16.3. The normalized spacial score (nSPS) is 22.9. The summed E-state index contributed by atoms with van der Waals surface area (Å²) in [5.41, 5.74) is 9.78. The van der Waals surface area contributed by atoms with E-state index in [4.69, 9.17) is 10.7 Å². The van der Waals surface area contributed by atoms with Gasteiger partial charge in [-0.2, -0.15) is 0 Å². The Morgan fingerprint density at radius 1 is 1.18 bits per heavy atom. The van der Waals surface area contributed by atoms with Gasteiger partial charge in [0.05, 0.1) is 11.8 Å². The van der Waals surface area contributed by atoms with Gasteiger partial charge in [-0.1, -0.05) is 13.8 Å². The largest absolute Gasteiger partial charge is 0.393 e. The Kier molecular flexibility index (Phi) is 7.02. The molecule has 0 bridgehead atoms. The summed E-state index contributed by atoms with van der Waals surface area (Å²) < 4.78 is 0. The maximum atomic E-state index is 12.2. The molecule has 0 radical (unpaired) electrons. The van der Waals surface area contributed by atoms with Gasteiger partial charge in [0.1, 0.15) is 5.82 Å². The monoisotopic (exact) mass is 452 g/mol. The van der Waals surface area contributed by atoms with E-state index in [9.17, 15) is 9.90 Å². The lowest BCUT2D eigenvalue weighted by molar-refractivity contribution is 0.0996. The van der Waals surface area contributed by atoms with Crippen LogP contribution in [-0.4, -0.2) is 46.2 Å². The van der Waals surface area contributed by atoms with Crippen LogP contribution in [0.25, 0.3) is 0 Å². The molecule has 1 saturated carbocycles. The molecule has 1 unspecified atom stereocenters. The first-order valence-electron chi connectivity index (χ1n) is 12.1. The van der Waals surface area contributed by atoms with Gasteiger partial charge < -0.3 is 26.4 Å². The summed E-state index contributed by atoms with van der Waals surface area (Å²) >= 11 is 0. The summed E-state index contributed by atoms with van der Waals surface area (Å²) in [4.78, 5) is 23.9. The third kappa shape index (κ3) is 5.38. The Labute approximate surface area is 196 Å². The molecular formula is C25H36N6O2. The van der Waals surface area contributed by atoms with E-state index < -0.39 is 5.91 Å². The van der Waals surface area contributed by atoms with Crippen LogP contribution in [0, 0.1) is 12.8 Å². The van der Waals surface area contributed by atoms with E-state index in [0.29, 0.717) is 24.0 Å². The number of nitrogens with one attached hydrogen (secondary N) is 2. The molecule has 178 valence electrons. The molecule has 1 aromatic carbocycles. The average molecular weight is 453 g/mol. The van der Waals surface area contributed by atoms with Crippen molar-refractivity contribution < 1.29 is 9.90 Å². The molecule has 1 saturated heterocycles. The summed E-state index contributed by atoms with van der Waals surface area (Å²) in [5, 5.41) is 16.6. The van der Waals surface area contributed by atoms with Crippen molar-refractivity contribution in [2.24, 2.45) is 11.7 Å². The van der Waals surface area contributed by atoms with Gasteiger partial charge in [-0.25, -0.2) is 9.97 Å². The van der Waals surface area contributed by atoms with Crippen molar-refractivity contribution in [3.63, 3.8) is 0 Å². The maximum Gasteiger partial charge on any atom is 0.271 e. The number of anilines is 4. The van der Waals surface area contributed by atoms with Gasteiger partial charge in [0.15, 0.2) is 11.5 Å². The number of hydrogen-bond acceptors (Lipinski definition) is 7. The number of aliphatic hydroxyl groups excluding tert-OH is 1. The van der Waals surface area contributed by atoms with Crippen molar-refractivity contribution >= 4 is 28.9 Å². The molecule has 1 aromatic heterocycles. The molecule has 8 heteroatoms. The molecule has 2 heterocycles.